The molecule has 5 heteroatoms. The van der Waals surface area contributed by atoms with Gasteiger partial charge in [0.1, 0.15) is 0 Å². The Labute approximate surface area is 128 Å². The van der Waals surface area contributed by atoms with Gasteiger partial charge in [-0.3, -0.25) is 9.67 Å². The number of anilines is 1. The average Bonchev–Trinajstić information content (AvgIpc) is 3.14. The number of rotatable bonds is 2. The van der Waals surface area contributed by atoms with Crippen molar-refractivity contribution in [2.24, 2.45) is 0 Å². The largest absolute Gasteiger partial charge is 0.398 e. The van der Waals surface area contributed by atoms with Crippen LogP contribution in [-0.4, -0.2) is 28.0 Å². The van der Waals surface area contributed by atoms with Crippen molar-refractivity contribution < 1.29 is 4.74 Å². The Bertz CT molecular complexity index is 834. The minimum atomic E-state index is 0.313. The van der Waals surface area contributed by atoms with Crippen LogP contribution in [0.2, 0.25) is 0 Å². The first-order valence-corrected chi connectivity index (χ1v) is 7.50. The zero-order chi connectivity index (χ0) is 15.1. The number of hydrogen-bond donors (Lipinski definition) is 1. The van der Waals surface area contributed by atoms with Crippen LogP contribution < -0.4 is 5.73 Å². The van der Waals surface area contributed by atoms with Gasteiger partial charge in [-0.15, -0.1) is 0 Å². The number of nitrogens with two attached hydrogens (primary N) is 1. The van der Waals surface area contributed by atoms with E-state index in [-0.39, 0.29) is 0 Å². The molecule has 1 fully saturated rings. The summed E-state index contributed by atoms with van der Waals surface area (Å²) in [6.07, 6.45) is 4.70. The molecule has 0 aliphatic carbocycles. The van der Waals surface area contributed by atoms with Crippen molar-refractivity contribution in [1.82, 2.24) is 14.8 Å². The number of pyridine rings is 1. The number of hydrogen-bond acceptors (Lipinski definition) is 4. The molecule has 1 atom stereocenters. The van der Waals surface area contributed by atoms with Crippen LogP contribution in [0, 0.1) is 6.92 Å². The SMILES string of the molecule is Cc1cc(-c2cc3c(cnn3[C@@H]3CCOC3)cc2N)ccn1. The van der Waals surface area contributed by atoms with Gasteiger partial charge in [-0.2, -0.15) is 5.10 Å². The number of ether oxygens (including phenoxy) is 1. The van der Waals surface area contributed by atoms with Crippen LogP contribution in [0.25, 0.3) is 22.0 Å². The number of nitrogens with zero attached hydrogens (tertiary/aromatic N) is 3. The number of benzene rings is 1. The highest BCUT2D eigenvalue weighted by Gasteiger charge is 2.20. The molecular formula is C17H18N4O. The second-order valence-electron chi connectivity index (χ2n) is 5.79. The Morgan fingerprint density at radius 1 is 1.32 bits per heavy atom. The quantitative estimate of drug-likeness (QED) is 0.738. The van der Waals surface area contributed by atoms with Crippen molar-refractivity contribution in [1.29, 1.82) is 0 Å². The maximum absolute atomic E-state index is 6.25. The summed E-state index contributed by atoms with van der Waals surface area (Å²) in [4.78, 5) is 4.25. The molecule has 0 amide bonds. The van der Waals surface area contributed by atoms with E-state index in [0.29, 0.717) is 6.04 Å². The van der Waals surface area contributed by atoms with Crippen LogP contribution in [0.5, 0.6) is 0 Å². The number of nitrogen functional groups attached to an aromatic ring is 1. The van der Waals surface area contributed by atoms with Gasteiger partial charge in [0.05, 0.1) is 24.4 Å². The summed E-state index contributed by atoms with van der Waals surface area (Å²) in [5.41, 5.74) is 11.2. The van der Waals surface area contributed by atoms with E-state index in [1.165, 1.54) is 0 Å². The van der Waals surface area contributed by atoms with E-state index in [1.807, 2.05) is 31.5 Å². The van der Waals surface area contributed by atoms with E-state index >= 15 is 0 Å². The van der Waals surface area contributed by atoms with Crippen LogP contribution >= 0.6 is 0 Å². The molecule has 2 aromatic heterocycles. The van der Waals surface area contributed by atoms with E-state index in [4.69, 9.17) is 10.5 Å². The highest BCUT2D eigenvalue weighted by Crippen LogP contribution is 2.32. The minimum absolute atomic E-state index is 0.313. The molecule has 3 aromatic rings. The van der Waals surface area contributed by atoms with Gasteiger partial charge in [-0.25, -0.2) is 0 Å². The van der Waals surface area contributed by atoms with Gasteiger partial charge in [0.15, 0.2) is 0 Å². The van der Waals surface area contributed by atoms with E-state index < -0.39 is 0 Å². The highest BCUT2D eigenvalue weighted by molar-refractivity contribution is 5.91. The zero-order valence-electron chi connectivity index (χ0n) is 12.5. The normalized spacial score (nSPS) is 18.1. The highest BCUT2D eigenvalue weighted by atomic mass is 16.5. The molecule has 1 aromatic carbocycles. The lowest BCUT2D eigenvalue weighted by atomic mass is 10.0. The Hall–Kier alpha value is -2.40. The first kappa shape index (κ1) is 13.3. The Morgan fingerprint density at radius 3 is 3.00 bits per heavy atom. The summed E-state index contributed by atoms with van der Waals surface area (Å²) in [7, 11) is 0. The molecule has 0 bridgehead atoms. The summed E-state index contributed by atoms with van der Waals surface area (Å²) >= 11 is 0. The third kappa shape index (κ3) is 2.14. The van der Waals surface area contributed by atoms with Gasteiger partial charge < -0.3 is 10.5 Å². The Kier molecular flexibility index (Phi) is 3.08. The summed E-state index contributed by atoms with van der Waals surface area (Å²) < 4.78 is 7.56. The predicted molar refractivity (Wildman–Crippen MR) is 86.6 cm³/mol. The monoisotopic (exact) mass is 294 g/mol. The fourth-order valence-corrected chi connectivity index (χ4v) is 3.08. The minimum Gasteiger partial charge on any atom is -0.398 e. The van der Waals surface area contributed by atoms with Crippen LogP contribution in [-0.2, 0) is 4.74 Å². The van der Waals surface area contributed by atoms with E-state index in [0.717, 1.165) is 53.0 Å². The van der Waals surface area contributed by atoms with Gasteiger partial charge in [-0.05, 0) is 43.2 Å². The first-order valence-electron chi connectivity index (χ1n) is 7.50. The molecule has 3 heterocycles. The summed E-state index contributed by atoms with van der Waals surface area (Å²) in [6, 6.07) is 8.49. The molecule has 0 spiro atoms. The van der Waals surface area contributed by atoms with Gasteiger partial charge in [-0.1, -0.05) is 0 Å². The molecule has 0 radical (unpaired) electrons. The standard InChI is InChI=1S/C17H18N4O/c1-11-6-12(2-4-19-11)15-8-17-13(7-16(15)18)9-20-21(17)14-3-5-22-10-14/h2,4,6-9,14H,3,5,10,18H2,1H3/t14-/m1/s1. The number of aromatic nitrogens is 3. The maximum Gasteiger partial charge on any atom is 0.0781 e. The van der Waals surface area contributed by atoms with Crippen LogP contribution in [0.15, 0.2) is 36.7 Å². The smallest absolute Gasteiger partial charge is 0.0781 e. The lowest BCUT2D eigenvalue weighted by molar-refractivity contribution is 0.185. The summed E-state index contributed by atoms with van der Waals surface area (Å²) in [5, 5.41) is 5.61. The molecular weight excluding hydrogens is 276 g/mol. The molecule has 2 N–H and O–H groups in total. The van der Waals surface area contributed by atoms with Crippen molar-refractivity contribution in [3.63, 3.8) is 0 Å². The van der Waals surface area contributed by atoms with Crippen molar-refractivity contribution in [3.8, 4) is 11.1 Å². The molecule has 0 unspecified atom stereocenters. The summed E-state index contributed by atoms with van der Waals surface area (Å²) in [5.74, 6) is 0. The fraction of sp³-hybridized carbons (Fsp3) is 0.294. The average molecular weight is 294 g/mol. The zero-order valence-corrected chi connectivity index (χ0v) is 12.5. The summed E-state index contributed by atoms with van der Waals surface area (Å²) in [6.45, 7) is 3.51. The molecule has 1 saturated heterocycles. The predicted octanol–water partition coefficient (Wildman–Crippen LogP) is 2.95. The molecule has 0 saturated carbocycles. The van der Waals surface area contributed by atoms with E-state index in [2.05, 4.69) is 26.9 Å². The van der Waals surface area contributed by atoms with Crippen molar-refractivity contribution >= 4 is 16.6 Å². The topological polar surface area (TPSA) is 66.0 Å². The van der Waals surface area contributed by atoms with Crippen molar-refractivity contribution in [2.75, 3.05) is 18.9 Å². The molecule has 22 heavy (non-hydrogen) atoms. The van der Waals surface area contributed by atoms with E-state index in [1.54, 1.807) is 0 Å². The van der Waals surface area contributed by atoms with Crippen LogP contribution in [0.4, 0.5) is 5.69 Å². The van der Waals surface area contributed by atoms with Crippen LogP contribution in [0.3, 0.4) is 0 Å². The van der Waals surface area contributed by atoms with Crippen molar-refractivity contribution in [3.05, 3.63) is 42.4 Å². The molecule has 5 nitrogen and oxygen atoms in total. The number of aryl methyl sites for hydroxylation is 1. The first-order chi connectivity index (χ1) is 10.7. The van der Waals surface area contributed by atoms with Gasteiger partial charge in [0, 0.05) is 35.1 Å². The lowest BCUT2D eigenvalue weighted by Gasteiger charge is -2.12. The second kappa shape index (κ2) is 5.10. The van der Waals surface area contributed by atoms with Crippen LogP contribution in [0.1, 0.15) is 18.2 Å². The Morgan fingerprint density at radius 2 is 2.23 bits per heavy atom. The lowest BCUT2D eigenvalue weighted by Crippen LogP contribution is -2.10. The third-order valence-corrected chi connectivity index (χ3v) is 4.23. The molecule has 4 rings (SSSR count). The van der Waals surface area contributed by atoms with Gasteiger partial charge >= 0.3 is 0 Å². The molecule has 1 aliphatic heterocycles. The van der Waals surface area contributed by atoms with Gasteiger partial charge in [0.25, 0.3) is 0 Å². The number of fused-ring (bicyclic) bond motifs is 1. The molecule has 112 valence electrons. The Balaban J connectivity index is 1.88. The second-order valence-corrected chi connectivity index (χ2v) is 5.79. The molecule has 1 aliphatic rings. The van der Waals surface area contributed by atoms with Gasteiger partial charge in [0.2, 0.25) is 0 Å². The maximum atomic E-state index is 6.25. The fourth-order valence-electron chi connectivity index (χ4n) is 3.08. The van der Waals surface area contributed by atoms with Crippen molar-refractivity contribution in [2.45, 2.75) is 19.4 Å². The third-order valence-electron chi connectivity index (χ3n) is 4.23. The van der Waals surface area contributed by atoms with E-state index in [9.17, 15) is 0 Å².